The molecule has 2 aromatic carbocycles. The number of hydrogen-bond donors (Lipinski definition) is 1. The van der Waals surface area contributed by atoms with Gasteiger partial charge in [-0.25, -0.2) is 0 Å². The molecule has 4 rings (SSSR count). The number of ether oxygens (including phenoxy) is 1. The molecule has 1 amide bonds. The number of nitro groups is 1. The van der Waals surface area contributed by atoms with Gasteiger partial charge in [-0.3, -0.25) is 19.6 Å². The van der Waals surface area contributed by atoms with Gasteiger partial charge in [0.05, 0.1) is 29.1 Å². The molecule has 0 bridgehead atoms. The third kappa shape index (κ3) is 5.96. The van der Waals surface area contributed by atoms with Crippen LogP contribution in [-0.2, 0) is 17.5 Å². The van der Waals surface area contributed by atoms with E-state index in [2.05, 4.69) is 10.4 Å². The van der Waals surface area contributed by atoms with Crippen molar-refractivity contribution in [3.8, 4) is 11.5 Å². The molecule has 1 saturated carbocycles. The quantitative estimate of drug-likeness (QED) is 0.261. The average molecular weight is 523 g/mol. The number of hydrogen-bond acceptors (Lipinski definition) is 5. The fourth-order valence-corrected chi connectivity index (χ4v) is 3.79. The number of carbonyl (C=O) groups excluding carboxylic acids is 1. The second kappa shape index (κ2) is 9.81. The normalized spacial score (nSPS) is 14.4. The third-order valence-corrected chi connectivity index (χ3v) is 6.15. The molecule has 1 atom stereocenters. The van der Waals surface area contributed by atoms with E-state index < -0.39 is 28.6 Å². The predicted octanol–water partition coefficient (Wildman–Crippen LogP) is 6.72. The van der Waals surface area contributed by atoms with Crippen LogP contribution in [0.5, 0.6) is 11.5 Å². The van der Waals surface area contributed by atoms with E-state index in [1.165, 1.54) is 22.9 Å². The topological polar surface area (TPSA) is 99.3 Å². The molecule has 1 unspecified atom stereocenters. The van der Waals surface area contributed by atoms with Crippen LogP contribution < -0.4 is 10.1 Å². The number of amides is 1. The van der Waals surface area contributed by atoms with Gasteiger partial charge < -0.3 is 10.1 Å². The Morgan fingerprint density at radius 3 is 2.58 bits per heavy atom. The molecular formula is C24H22ClF3N4O4. The fraction of sp³-hybridized carbons (Fsp3) is 0.333. The predicted molar refractivity (Wildman–Crippen MR) is 126 cm³/mol. The first-order valence-corrected chi connectivity index (χ1v) is 11.5. The van der Waals surface area contributed by atoms with Gasteiger partial charge in [0.25, 0.3) is 5.69 Å². The van der Waals surface area contributed by atoms with Gasteiger partial charge in [0.15, 0.2) is 5.69 Å². The zero-order valence-corrected chi connectivity index (χ0v) is 20.1. The summed E-state index contributed by atoms with van der Waals surface area (Å²) in [6.45, 7) is 3.25. The summed E-state index contributed by atoms with van der Waals surface area (Å²) in [6, 6.07) is 9.74. The monoisotopic (exact) mass is 522 g/mol. The van der Waals surface area contributed by atoms with Gasteiger partial charge in [0.1, 0.15) is 11.5 Å². The van der Waals surface area contributed by atoms with E-state index in [1.54, 1.807) is 32.0 Å². The first-order chi connectivity index (χ1) is 16.9. The van der Waals surface area contributed by atoms with Gasteiger partial charge in [-0.1, -0.05) is 18.5 Å². The highest BCUT2D eigenvalue weighted by Crippen LogP contribution is 2.42. The van der Waals surface area contributed by atoms with E-state index in [1.807, 2.05) is 0 Å². The van der Waals surface area contributed by atoms with Crippen molar-refractivity contribution in [1.82, 2.24) is 9.78 Å². The number of aromatic nitrogens is 2. The number of nitro benzene ring substituents is 1. The number of alkyl halides is 3. The largest absolute Gasteiger partial charge is 0.457 e. The molecule has 1 aliphatic rings. The fourth-order valence-electron chi connectivity index (χ4n) is 3.67. The minimum absolute atomic E-state index is 0.00292. The standard InChI is InChI=1S/C24H22ClF3N4O4/c1-13-7-18(5-6-20(13)25)36-19-9-16(8-17(10-19)32(34)35)29-23(33)14(2)12-31-21(15-3-4-15)11-22(30-31)24(26,27)28/h5-11,14-15H,3-4,12H2,1-2H3,(H,29,33). The molecule has 3 aromatic rings. The van der Waals surface area contributed by atoms with Crippen LogP contribution in [0.3, 0.4) is 0 Å². The van der Waals surface area contributed by atoms with Crippen molar-refractivity contribution in [1.29, 1.82) is 0 Å². The number of carbonyl (C=O) groups is 1. The van der Waals surface area contributed by atoms with Crippen LogP contribution >= 0.6 is 11.6 Å². The second-order valence-corrected chi connectivity index (χ2v) is 9.19. The zero-order valence-electron chi connectivity index (χ0n) is 19.3. The smallest absolute Gasteiger partial charge is 0.435 e. The summed E-state index contributed by atoms with van der Waals surface area (Å²) in [5, 5.41) is 18.2. The number of anilines is 1. The van der Waals surface area contributed by atoms with E-state index >= 15 is 0 Å². The number of non-ortho nitro benzene ring substituents is 1. The Bertz CT molecular complexity index is 1320. The maximum absolute atomic E-state index is 13.2. The van der Waals surface area contributed by atoms with Gasteiger partial charge in [0, 0.05) is 28.8 Å². The Balaban J connectivity index is 1.52. The Hall–Kier alpha value is -3.60. The number of aryl methyl sites for hydroxylation is 1. The lowest BCUT2D eigenvalue weighted by atomic mass is 10.1. The highest BCUT2D eigenvalue weighted by Gasteiger charge is 2.38. The van der Waals surface area contributed by atoms with Gasteiger partial charge in [-0.05, 0) is 49.6 Å². The summed E-state index contributed by atoms with van der Waals surface area (Å²) in [6.07, 6.45) is -3.04. The number of benzene rings is 2. The van der Waals surface area contributed by atoms with Crippen LogP contribution in [0.2, 0.25) is 5.02 Å². The van der Waals surface area contributed by atoms with Gasteiger partial charge in [-0.15, -0.1) is 0 Å². The van der Waals surface area contributed by atoms with E-state index in [9.17, 15) is 28.1 Å². The van der Waals surface area contributed by atoms with E-state index in [4.69, 9.17) is 16.3 Å². The summed E-state index contributed by atoms with van der Waals surface area (Å²) in [5.41, 5.74) is 0.0145. The summed E-state index contributed by atoms with van der Waals surface area (Å²) in [4.78, 5) is 23.7. The lowest BCUT2D eigenvalue weighted by molar-refractivity contribution is -0.384. The molecular weight excluding hydrogens is 501 g/mol. The minimum atomic E-state index is -4.58. The summed E-state index contributed by atoms with van der Waals surface area (Å²) in [5.74, 6) is -0.793. The first-order valence-electron chi connectivity index (χ1n) is 11.1. The van der Waals surface area contributed by atoms with Gasteiger partial charge in [-0.2, -0.15) is 18.3 Å². The van der Waals surface area contributed by atoms with E-state index in [-0.39, 0.29) is 29.6 Å². The molecule has 0 spiro atoms. The maximum atomic E-state index is 13.2. The van der Waals surface area contributed by atoms with Crippen LogP contribution in [-0.4, -0.2) is 20.6 Å². The van der Waals surface area contributed by atoms with Crippen LogP contribution in [0.15, 0.2) is 42.5 Å². The average Bonchev–Trinajstić information content (AvgIpc) is 3.54. The summed E-state index contributed by atoms with van der Waals surface area (Å²) >= 11 is 6.02. The molecule has 190 valence electrons. The SMILES string of the molecule is Cc1cc(Oc2cc(NC(=O)C(C)Cn3nc(C(F)(F)F)cc3C3CC3)cc([N+](=O)[O-])c2)ccc1Cl. The first kappa shape index (κ1) is 25.5. The van der Waals surface area contributed by atoms with Crippen molar-refractivity contribution in [2.75, 3.05) is 5.32 Å². The van der Waals surface area contributed by atoms with Crippen molar-refractivity contribution in [2.45, 2.75) is 45.3 Å². The molecule has 8 nitrogen and oxygen atoms in total. The van der Waals surface area contributed by atoms with Crippen molar-refractivity contribution in [2.24, 2.45) is 5.92 Å². The molecule has 1 N–H and O–H groups in total. The van der Waals surface area contributed by atoms with Crippen molar-refractivity contribution < 1.29 is 27.6 Å². The number of nitrogens with one attached hydrogen (secondary N) is 1. The lowest BCUT2D eigenvalue weighted by Crippen LogP contribution is -2.25. The molecule has 0 radical (unpaired) electrons. The van der Waals surface area contributed by atoms with Crippen molar-refractivity contribution in [3.63, 3.8) is 0 Å². The second-order valence-electron chi connectivity index (χ2n) is 8.78. The molecule has 1 fully saturated rings. The number of halogens is 4. The van der Waals surface area contributed by atoms with E-state index in [0.29, 0.717) is 16.5 Å². The number of rotatable bonds is 8. The van der Waals surface area contributed by atoms with Crippen LogP contribution in [0.25, 0.3) is 0 Å². The molecule has 36 heavy (non-hydrogen) atoms. The molecule has 0 saturated heterocycles. The number of nitrogens with zero attached hydrogens (tertiary/aromatic N) is 3. The minimum Gasteiger partial charge on any atom is -0.457 e. The molecule has 1 heterocycles. The molecule has 12 heteroatoms. The zero-order chi connectivity index (χ0) is 26.2. The van der Waals surface area contributed by atoms with Crippen molar-refractivity contribution >= 4 is 28.9 Å². The Kier molecular flexibility index (Phi) is 6.94. The van der Waals surface area contributed by atoms with E-state index in [0.717, 1.165) is 24.5 Å². The van der Waals surface area contributed by atoms with Crippen LogP contribution in [0.1, 0.15) is 42.6 Å². The summed E-state index contributed by atoms with van der Waals surface area (Å²) in [7, 11) is 0. The van der Waals surface area contributed by atoms with Crippen molar-refractivity contribution in [3.05, 3.63) is 74.6 Å². The Morgan fingerprint density at radius 1 is 1.25 bits per heavy atom. The Labute approximate surface area is 209 Å². The molecule has 1 aliphatic carbocycles. The van der Waals surface area contributed by atoms with Gasteiger partial charge >= 0.3 is 6.18 Å². The highest BCUT2D eigenvalue weighted by atomic mass is 35.5. The van der Waals surface area contributed by atoms with Crippen LogP contribution in [0, 0.1) is 23.0 Å². The van der Waals surface area contributed by atoms with Gasteiger partial charge in [0.2, 0.25) is 5.91 Å². The molecule has 0 aliphatic heterocycles. The highest BCUT2D eigenvalue weighted by molar-refractivity contribution is 6.31. The summed E-state index contributed by atoms with van der Waals surface area (Å²) < 4.78 is 46.4. The third-order valence-electron chi connectivity index (χ3n) is 5.73. The maximum Gasteiger partial charge on any atom is 0.435 e. The van der Waals surface area contributed by atoms with Crippen LogP contribution in [0.4, 0.5) is 24.5 Å². The molecule has 1 aromatic heterocycles. The lowest BCUT2D eigenvalue weighted by Gasteiger charge is -2.15. The Morgan fingerprint density at radius 2 is 1.97 bits per heavy atom.